The molecule has 5 rings (SSSR count). The number of carboxylic acids is 1. The first kappa shape index (κ1) is 36.5. The van der Waals surface area contributed by atoms with Crippen LogP contribution in [0.15, 0.2) is 36.7 Å². The second-order valence-corrected chi connectivity index (χ2v) is 15.0. The average molecular weight is 722 g/mol. The smallest absolute Gasteiger partial charge is 0.326 e. The number of carboxylic acid groups (broad SMARTS) is 1. The summed E-state index contributed by atoms with van der Waals surface area (Å²) in [5.74, 6) is -2.47. The summed E-state index contributed by atoms with van der Waals surface area (Å²) < 4.78 is 32.9. The molecule has 18 heteroatoms. The zero-order chi connectivity index (χ0) is 35.5. The molecule has 2 aromatic heterocycles. The lowest BCUT2D eigenvalue weighted by atomic mass is 10.1. The van der Waals surface area contributed by atoms with Crippen LogP contribution in [0.3, 0.4) is 0 Å². The first-order valence-corrected chi connectivity index (χ1v) is 18.2. The number of hydrogen-bond donors (Lipinski definition) is 4. The van der Waals surface area contributed by atoms with E-state index in [0.29, 0.717) is 11.3 Å². The molecule has 3 heterocycles. The van der Waals surface area contributed by atoms with Crippen molar-refractivity contribution >= 4 is 53.9 Å². The van der Waals surface area contributed by atoms with Gasteiger partial charge in [-0.05, 0) is 43.5 Å². The van der Waals surface area contributed by atoms with Gasteiger partial charge in [-0.25, -0.2) is 10.1 Å². The maximum absolute atomic E-state index is 13.9. The highest BCUT2D eigenvalue weighted by atomic mass is 35.5. The predicted octanol–water partition coefficient (Wildman–Crippen LogP) is 3.45. The number of para-hydroxylation sites is 1. The number of esters is 1. The summed E-state index contributed by atoms with van der Waals surface area (Å²) in [6.07, 6.45) is 0.0279. The Hall–Kier alpha value is -3.82. The van der Waals surface area contributed by atoms with E-state index in [0.717, 1.165) is 25.7 Å². The second kappa shape index (κ2) is 15.4. The Morgan fingerprint density at radius 1 is 1.16 bits per heavy atom. The number of aliphatic hydroxyl groups excluding tert-OH is 1. The van der Waals surface area contributed by atoms with Crippen molar-refractivity contribution in [2.24, 2.45) is 5.92 Å². The van der Waals surface area contributed by atoms with Gasteiger partial charge < -0.3 is 34.4 Å². The number of aliphatic carboxylic acids is 1. The van der Waals surface area contributed by atoms with Crippen LogP contribution in [0, 0.1) is 5.92 Å². The van der Waals surface area contributed by atoms with Crippen LogP contribution in [0.2, 0.25) is 5.28 Å². The van der Waals surface area contributed by atoms with Crippen LogP contribution < -0.4 is 14.9 Å². The molecule has 1 saturated carbocycles. The molecule has 16 nitrogen and oxygen atoms in total. The largest absolute Gasteiger partial charge is 0.480 e. The Balaban J connectivity index is 1.38. The van der Waals surface area contributed by atoms with Crippen LogP contribution in [0.4, 0.5) is 5.82 Å². The van der Waals surface area contributed by atoms with Gasteiger partial charge in [0, 0.05) is 13.1 Å². The van der Waals surface area contributed by atoms with Crippen LogP contribution in [0.1, 0.15) is 52.7 Å². The third kappa shape index (κ3) is 8.68. The minimum Gasteiger partial charge on any atom is -0.480 e. The number of imidazole rings is 1. The molecule has 1 aliphatic carbocycles. The Bertz CT molecular complexity index is 1710. The SMILES string of the molecule is CC(C)C(=O)O[C@H]1[C@@H](O)[C@H](n2cnc3c(NC4CCCC4)nc(Cl)nc32)O[C@@H]1CN(C)C(=O)CP(=O)(NC(C)C(=O)O)Oc1ccccc1. The van der Waals surface area contributed by atoms with Crippen LogP contribution in [-0.4, -0.2) is 103 Å². The molecule has 2 fully saturated rings. The van der Waals surface area contributed by atoms with Gasteiger partial charge in [-0.15, -0.1) is 0 Å². The first-order valence-electron chi connectivity index (χ1n) is 16.0. The van der Waals surface area contributed by atoms with E-state index >= 15 is 0 Å². The number of ether oxygens (including phenoxy) is 2. The minimum absolute atomic E-state index is 0.0418. The topological polar surface area (TPSA) is 207 Å². The maximum atomic E-state index is 13.9. The molecule has 2 unspecified atom stereocenters. The summed E-state index contributed by atoms with van der Waals surface area (Å²) in [6, 6.07) is 6.97. The van der Waals surface area contributed by atoms with E-state index in [1.54, 1.807) is 32.0 Å². The first-order chi connectivity index (χ1) is 23.2. The Kier molecular flexibility index (Phi) is 11.4. The lowest BCUT2D eigenvalue weighted by Gasteiger charge is -2.28. The van der Waals surface area contributed by atoms with Crippen molar-refractivity contribution in [1.29, 1.82) is 0 Å². The van der Waals surface area contributed by atoms with Crippen molar-refractivity contribution in [2.75, 3.05) is 25.1 Å². The van der Waals surface area contributed by atoms with Gasteiger partial charge in [0.15, 0.2) is 29.3 Å². The number of hydrogen-bond acceptors (Lipinski definition) is 12. The number of nitrogens with zero attached hydrogens (tertiary/aromatic N) is 5. The van der Waals surface area contributed by atoms with Gasteiger partial charge in [-0.1, -0.05) is 44.9 Å². The molecule has 1 aromatic carbocycles. The number of aliphatic hydroxyl groups is 1. The number of fused-ring (bicyclic) bond motifs is 1. The molecule has 1 saturated heterocycles. The highest BCUT2D eigenvalue weighted by Gasteiger charge is 2.49. The van der Waals surface area contributed by atoms with E-state index in [-0.39, 0.29) is 29.3 Å². The van der Waals surface area contributed by atoms with Gasteiger partial charge in [-0.3, -0.25) is 23.5 Å². The van der Waals surface area contributed by atoms with Gasteiger partial charge in [-0.2, -0.15) is 9.97 Å². The van der Waals surface area contributed by atoms with E-state index in [1.165, 1.54) is 41.9 Å². The molecule has 49 heavy (non-hydrogen) atoms. The van der Waals surface area contributed by atoms with Gasteiger partial charge in [0.05, 0.1) is 18.8 Å². The van der Waals surface area contributed by atoms with Crippen LogP contribution >= 0.6 is 19.1 Å². The molecule has 1 amide bonds. The minimum atomic E-state index is -4.11. The molecule has 266 valence electrons. The second-order valence-electron chi connectivity index (χ2n) is 12.6. The standard InChI is InChI=1S/C31H41ClN7O9P/c1-17(2)30(44)47-25-21(14-38(4)22(40)15-49(45,37-18(3)29(42)43)48-20-12-6-5-7-13-20)46-28(24(25)41)39-16-33-23-26(34-19-10-8-9-11-19)35-31(32)36-27(23)39/h5-7,12-13,16-19,21,24-25,28,41H,8-11,14-15H2,1-4H3,(H,37,45)(H,42,43)(H,34,35,36)/t18?,21-,24-,25-,28-,49?/m1/s1. The number of likely N-dealkylation sites (N-methyl/N-ethyl adjacent to an activating group) is 1. The number of benzene rings is 1. The van der Waals surface area contributed by atoms with E-state index in [2.05, 4.69) is 25.4 Å². The van der Waals surface area contributed by atoms with E-state index in [1.807, 2.05) is 0 Å². The fourth-order valence-electron chi connectivity index (χ4n) is 5.73. The predicted molar refractivity (Wildman–Crippen MR) is 178 cm³/mol. The number of rotatable bonds is 14. The van der Waals surface area contributed by atoms with Crippen molar-refractivity contribution < 1.29 is 43.2 Å². The summed E-state index contributed by atoms with van der Waals surface area (Å²) in [5.41, 5.74) is 0.692. The molecule has 6 atom stereocenters. The van der Waals surface area contributed by atoms with Crippen molar-refractivity contribution in [3.8, 4) is 5.75 Å². The molecular weight excluding hydrogens is 681 g/mol. The molecule has 0 bridgehead atoms. The number of carbonyl (C=O) groups excluding carboxylic acids is 2. The van der Waals surface area contributed by atoms with Gasteiger partial charge in [0.25, 0.3) is 0 Å². The average Bonchev–Trinajstić information content (AvgIpc) is 3.77. The van der Waals surface area contributed by atoms with E-state index in [4.69, 9.17) is 25.6 Å². The van der Waals surface area contributed by atoms with Gasteiger partial charge >= 0.3 is 19.5 Å². The molecule has 3 aromatic rings. The number of anilines is 1. The number of nitrogens with one attached hydrogen (secondary N) is 2. The molecule has 1 aliphatic heterocycles. The quantitative estimate of drug-likeness (QED) is 0.107. The van der Waals surface area contributed by atoms with Crippen LogP contribution in [0.5, 0.6) is 5.75 Å². The normalized spacial score (nSPS) is 22.9. The van der Waals surface area contributed by atoms with Crippen LogP contribution in [-0.2, 0) is 28.4 Å². The Morgan fingerprint density at radius 2 is 1.86 bits per heavy atom. The highest BCUT2D eigenvalue weighted by molar-refractivity contribution is 7.58. The maximum Gasteiger partial charge on any atom is 0.326 e. The number of halogens is 1. The highest BCUT2D eigenvalue weighted by Crippen LogP contribution is 2.44. The number of carbonyl (C=O) groups is 3. The van der Waals surface area contributed by atoms with Crippen molar-refractivity contribution in [1.82, 2.24) is 29.5 Å². The molecule has 0 radical (unpaired) electrons. The fraction of sp³-hybridized carbons (Fsp3) is 0.548. The summed E-state index contributed by atoms with van der Waals surface area (Å²) in [7, 11) is -2.69. The third-order valence-corrected chi connectivity index (χ3v) is 10.5. The molecule has 4 N–H and O–H groups in total. The summed E-state index contributed by atoms with van der Waals surface area (Å²) in [4.78, 5) is 52.2. The lowest BCUT2D eigenvalue weighted by molar-refractivity contribution is -0.160. The summed E-state index contributed by atoms with van der Waals surface area (Å²) >= 11 is 6.31. The van der Waals surface area contributed by atoms with Crippen molar-refractivity contribution in [3.05, 3.63) is 41.9 Å². The van der Waals surface area contributed by atoms with Gasteiger partial charge in [0.1, 0.15) is 30.2 Å². The summed E-state index contributed by atoms with van der Waals surface area (Å²) in [6.45, 7) is 4.36. The fourth-order valence-corrected chi connectivity index (χ4v) is 7.86. The van der Waals surface area contributed by atoms with Crippen LogP contribution in [0.25, 0.3) is 11.2 Å². The zero-order valence-electron chi connectivity index (χ0n) is 27.6. The molecular formula is C31H41ClN7O9P. The third-order valence-electron chi connectivity index (χ3n) is 8.38. The zero-order valence-corrected chi connectivity index (χ0v) is 29.2. The number of aromatic nitrogens is 4. The van der Waals surface area contributed by atoms with E-state index < -0.39 is 68.0 Å². The van der Waals surface area contributed by atoms with Gasteiger partial charge in [0.2, 0.25) is 11.2 Å². The van der Waals surface area contributed by atoms with E-state index in [9.17, 15) is 29.2 Å². The van der Waals surface area contributed by atoms with Crippen molar-refractivity contribution in [2.45, 2.75) is 83.1 Å². The Labute approximate surface area is 288 Å². The molecule has 0 spiro atoms. The number of amides is 1. The Morgan fingerprint density at radius 3 is 2.51 bits per heavy atom. The molecule has 2 aliphatic rings. The lowest BCUT2D eigenvalue weighted by Crippen LogP contribution is -2.45. The summed E-state index contributed by atoms with van der Waals surface area (Å²) in [5, 5.41) is 26.8. The van der Waals surface area contributed by atoms with Crippen molar-refractivity contribution in [3.63, 3.8) is 0 Å². The monoisotopic (exact) mass is 721 g/mol.